The van der Waals surface area contributed by atoms with Gasteiger partial charge in [-0.3, -0.25) is 0 Å². The monoisotopic (exact) mass is 325 g/mol. The van der Waals surface area contributed by atoms with Crippen LogP contribution in [0.4, 0.5) is 0 Å². The number of hydrogen-bond acceptors (Lipinski definition) is 3. The lowest BCUT2D eigenvalue weighted by Crippen LogP contribution is -2.20. The lowest BCUT2D eigenvalue weighted by Gasteiger charge is -2.21. The molecule has 0 bridgehead atoms. The second-order valence-electron chi connectivity index (χ2n) is 4.52. The Balaban J connectivity index is 0. The Morgan fingerprint density at radius 3 is 2.50 bits per heavy atom. The summed E-state index contributed by atoms with van der Waals surface area (Å²) in [6.45, 7) is 16.9. The van der Waals surface area contributed by atoms with E-state index in [1.165, 1.54) is 0 Å². The minimum Gasteiger partial charge on any atom is -0.490 e. The van der Waals surface area contributed by atoms with Crippen molar-refractivity contribution in [2.75, 3.05) is 19.3 Å². The third-order valence-electron chi connectivity index (χ3n) is 2.78. The maximum atomic E-state index is 6.10. The van der Waals surface area contributed by atoms with Crippen molar-refractivity contribution in [1.29, 1.82) is 0 Å². The van der Waals surface area contributed by atoms with Crippen molar-refractivity contribution < 1.29 is 4.74 Å². The zero-order valence-electron chi connectivity index (χ0n) is 15.2. The second-order valence-corrected chi connectivity index (χ2v) is 5.46. The molecule has 0 radical (unpaired) electrons. The van der Waals surface area contributed by atoms with Crippen molar-refractivity contribution in [2.45, 2.75) is 53.1 Å². The molecule has 1 atom stereocenters. The normalized spacial score (nSPS) is 12.5. The van der Waals surface area contributed by atoms with Gasteiger partial charge in [0.25, 0.3) is 0 Å². The predicted molar refractivity (Wildman–Crippen MR) is 104 cm³/mol. The van der Waals surface area contributed by atoms with E-state index in [1.807, 2.05) is 51.5 Å². The van der Waals surface area contributed by atoms with E-state index in [0.717, 1.165) is 42.9 Å². The van der Waals surface area contributed by atoms with Crippen LogP contribution in [0.1, 0.15) is 47.0 Å². The van der Waals surface area contributed by atoms with E-state index in [1.54, 1.807) is 11.8 Å². The van der Waals surface area contributed by atoms with Gasteiger partial charge in [-0.25, -0.2) is 0 Å². The number of thioether (sulfide) groups is 1. The van der Waals surface area contributed by atoms with Crippen LogP contribution in [0.3, 0.4) is 0 Å². The zero-order valence-corrected chi connectivity index (χ0v) is 16.0. The maximum Gasteiger partial charge on any atom is 0.122 e. The van der Waals surface area contributed by atoms with Crippen molar-refractivity contribution in [3.8, 4) is 0 Å². The molecule has 0 aromatic rings. The molecule has 0 rings (SSSR count). The Morgan fingerprint density at radius 2 is 2.00 bits per heavy atom. The molecule has 3 heteroatoms. The summed E-state index contributed by atoms with van der Waals surface area (Å²) in [5.41, 5.74) is 0.926. The first-order chi connectivity index (χ1) is 10.7. The van der Waals surface area contributed by atoms with Gasteiger partial charge in [0.1, 0.15) is 5.76 Å². The summed E-state index contributed by atoms with van der Waals surface area (Å²) in [4.78, 5) is 0. The molecule has 0 spiro atoms. The molecule has 0 aliphatic rings. The quantitative estimate of drug-likeness (QED) is 0.215. The smallest absolute Gasteiger partial charge is 0.122 e. The summed E-state index contributed by atoms with van der Waals surface area (Å²) < 4.78 is 6.10. The van der Waals surface area contributed by atoms with Crippen LogP contribution in [-0.2, 0) is 4.74 Å². The van der Waals surface area contributed by atoms with E-state index in [4.69, 9.17) is 4.74 Å². The topological polar surface area (TPSA) is 21.3 Å². The third kappa shape index (κ3) is 12.8. The van der Waals surface area contributed by atoms with Gasteiger partial charge in [0.05, 0.1) is 6.10 Å². The first-order valence-corrected chi connectivity index (χ1v) is 9.30. The molecule has 0 saturated heterocycles. The van der Waals surface area contributed by atoms with Crippen molar-refractivity contribution in [3.63, 3.8) is 0 Å². The van der Waals surface area contributed by atoms with E-state index in [2.05, 4.69) is 25.4 Å². The molecular weight excluding hydrogens is 290 g/mol. The summed E-state index contributed by atoms with van der Waals surface area (Å²) in [7, 11) is 1.97. The molecule has 0 fully saturated rings. The van der Waals surface area contributed by atoms with Crippen LogP contribution in [-0.4, -0.2) is 25.4 Å². The highest BCUT2D eigenvalue weighted by Gasteiger charge is 2.11. The van der Waals surface area contributed by atoms with Crippen molar-refractivity contribution in [3.05, 3.63) is 48.1 Å². The molecule has 22 heavy (non-hydrogen) atoms. The van der Waals surface area contributed by atoms with Gasteiger partial charge < -0.3 is 10.1 Å². The molecule has 128 valence electrons. The summed E-state index contributed by atoms with van der Waals surface area (Å²) >= 11 is 1.70. The Kier molecular flexibility index (Phi) is 19.2. The Hall–Kier alpha value is -0.930. The van der Waals surface area contributed by atoms with Gasteiger partial charge in [0.2, 0.25) is 0 Å². The predicted octanol–water partition coefficient (Wildman–Crippen LogP) is 5.70. The van der Waals surface area contributed by atoms with Crippen molar-refractivity contribution >= 4 is 11.8 Å². The molecular formula is C19H35NOS. The number of allylic oxidation sites excluding steroid dienone is 2. The zero-order chi connectivity index (χ0) is 17.2. The number of ether oxygens (including phenoxy) is 1. The molecule has 0 aliphatic heterocycles. The lowest BCUT2D eigenvalue weighted by atomic mass is 10.1. The van der Waals surface area contributed by atoms with E-state index < -0.39 is 0 Å². The molecule has 0 aliphatic carbocycles. The largest absolute Gasteiger partial charge is 0.490 e. The average molecular weight is 326 g/mol. The van der Waals surface area contributed by atoms with Crippen LogP contribution in [0.5, 0.6) is 0 Å². The lowest BCUT2D eigenvalue weighted by molar-refractivity contribution is 0.106. The van der Waals surface area contributed by atoms with Crippen LogP contribution in [0.2, 0.25) is 0 Å². The molecule has 0 aromatic carbocycles. The van der Waals surface area contributed by atoms with E-state index in [0.29, 0.717) is 0 Å². The molecule has 0 saturated carbocycles. The van der Waals surface area contributed by atoms with Crippen molar-refractivity contribution in [1.82, 2.24) is 5.32 Å². The Labute approximate surface area is 142 Å². The highest BCUT2D eigenvalue weighted by atomic mass is 32.2. The minimum absolute atomic E-state index is 0.254. The SMILES string of the molecule is C=CCS/C=C\C(=C)/C(=C\C)OC(CCC)CCNC.CC. The first kappa shape index (κ1) is 23.3. The summed E-state index contributed by atoms with van der Waals surface area (Å²) in [6, 6.07) is 0. The summed E-state index contributed by atoms with van der Waals surface area (Å²) in [5, 5.41) is 5.22. The molecule has 0 amide bonds. The van der Waals surface area contributed by atoms with Gasteiger partial charge in [-0.15, -0.1) is 18.3 Å². The van der Waals surface area contributed by atoms with Crippen molar-refractivity contribution in [2.24, 2.45) is 0 Å². The van der Waals surface area contributed by atoms with Gasteiger partial charge >= 0.3 is 0 Å². The molecule has 2 nitrogen and oxygen atoms in total. The average Bonchev–Trinajstić information content (AvgIpc) is 2.55. The minimum atomic E-state index is 0.254. The van der Waals surface area contributed by atoms with E-state index >= 15 is 0 Å². The fraction of sp³-hybridized carbons (Fsp3) is 0.579. The highest BCUT2D eigenvalue weighted by molar-refractivity contribution is 8.02. The van der Waals surface area contributed by atoms with Crippen LogP contribution >= 0.6 is 11.8 Å². The number of hydrogen-bond donors (Lipinski definition) is 1. The van der Waals surface area contributed by atoms with Crippen LogP contribution in [0, 0.1) is 0 Å². The summed E-state index contributed by atoms with van der Waals surface area (Å²) in [5.74, 6) is 1.80. The number of nitrogens with one attached hydrogen (secondary N) is 1. The molecule has 1 N–H and O–H groups in total. The van der Waals surface area contributed by atoms with Gasteiger partial charge in [0, 0.05) is 11.3 Å². The molecule has 1 unspecified atom stereocenters. The fourth-order valence-electron chi connectivity index (χ4n) is 1.73. The van der Waals surface area contributed by atoms with Crippen LogP contribution in [0.15, 0.2) is 48.1 Å². The van der Waals surface area contributed by atoms with E-state index in [9.17, 15) is 0 Å². The first-order valence-electron chi connectivity index (χ1n) is 8.25. The van der Waals surface area contributed by atoms with Gasteiger partial charge in [0.15, 0.2) is 0 Å². The fourth-order valence-corrected chi connectivity index (χ4v) is 2.24. The Bertz CT molecular complexity index is 334. The van der Waals surface area contributed by atoms with Crippen LogP contribution < -0.4 is 5.32 Å². The second kappa shape index (κ2) is 18.1. The van der Waals surface area contributed by atoms with Crippen LogP contribution in [0.25, 0.3) is 0 Å². The number of rotatable bonds is 12. The summed E-state index contributed by atoms with van der Waals surface area (Å²) in [6.07, 6.45) is 9.36. The Morgan fingerprint density at radius 1 is 1.32 bits per heavy atom. The van der Waals surface area contributed by atoms with Gasteiger partial charge in [-0.2, -0.15) is 0 Å². The van der Waals surface area contributed by atoms with E-state index in [-0.39, 0.29) is 6.10 Å². The maximum absolute atomic E-state index is 6.10. The molecule has 0 aromatic heterocycles. The van der Waals surface area contributed by atoms with Gasteiger partial charge in [-0.1, -0.05) is 39.8 Å². The molecule has 0 heterocycles. The van der Waals surface area contributed by atoms with Gasteiger partial charge in [-0.05, 0) is 50.9 Å². The standard InChI is InChI=1S/C17H29NOS.C2H6/c1-6-9-16(10-12-18-5)19-17(8-3)15(4)11-14-20-13-7-2;1-2/h7-8,11,14,16,18H,2,4,6,9-10,12-13H2,1,3,5H3;1-2H3/b14-11-,17-8+;. The highest BCUT2D eigenvalue weighted by Crippen LogP contribution is 2.19. The third-order valence-corrected chi connectivity index (χ3v) is 3.54.